The Morgan fingerprint density at radius 3 is 2.62 bits per heavy atom. The van der Waals surface area contributed by atoms with Gasteiger partial charge in [0.25, 0.3) is 0 Å². The van der Waals surface area contributed by atoms with Crippen LogP contribution in [0.3, 0.4) is 0 Å². The second-order valence-corrected chi connectivity index (χ2v) is 7.29. The number of anilines is 1. The summed E-state index contributed by atoms with van der Waals surface area (Å²) in [6.07, 6.45) is 1.48. The molecule has 21 heavy (non-hydrogen) atoms. The number of methoxy groups -OCH3 is 1. The molecule has 0 fully saturated rings. The standard InChI is InChI=1S/C15H26N2O3S/c1-3-11-21(18,19)12-10-17(9-5-8-16)14-6-4-7-15(13-14)20-2/h4,6-7,13H,3,5,8-12,16H2,1-2H3. The van der Waals surface area contributed by atoms with Gasteiger partial charge in [0.05, 0.1) is 12.9 Å². The number of ether oxygens (including phenoxy) is 1. The van der Waals surface area contributed by atoms with Crippen molar-refractivity contribution in [3.05, 3.63) is 24.3 Å². The van der Waals surface area contributed by atoms with Crippen LogP contribution in [0.15, 0.2) is 24.3 Å². The summed E-state index contributed by atoms with van der Waals surface area (Å²) < 4.78 is 29.0. The molecule has 1 rings (SSSR count). The number of nitrogens with two attached hydrogens (primary N) is 1. The van der Waals surface area contributed by atoms with E-state index < -0.39 is 9.84 Å². The van der Waals surface area contributed by atoms with Gasteiger partial charge in [-0.15, -0.1) is 0 Å². The highest BCUT2D eigenvalue weighted by Crippen LogP contribution is 2.21. The average molecular weight is 314 g/mol. The van der Waals surface area contributed by atoms with Gasteiger partial charge in [0.15, 0.2) is 9.84 Å². The van der Waals surface area contributed by atoms with Crippen LogP contribution in [0.25, 0.3) is 0 Å². The second kappa shape index (κ2) is 8.89. The van der Waals surface area contributed by atoms with Gasteiger partial charge in [-0.05, 0) is 31.5 Å². The molecule has 6 heteroatoms. The van der Waals surface area contributed by atoms with Crippen LogP contribution in [-0.4, -0.2) is 46.7 Å². The summed E-state index contributed by atoms with van der Waals surface area (Å²) in [4.78, 5) is 2.06. The Hall–Kier alpha value is -1.27. The van der Waals surface area contributed by atoms with Crippen molar-refractivity contribution < 1.29 is 13.2 Å². The maximum atomic E-state index is 11.9. The van der Waals surface area contributed by atoms with Crippen LogP contribution < -0.4 is 15.4 Å². The van der Waals surface area contributed by atoms with Crippen LogP contribution in [0.4, 0.5) is 5.69 Å². The number of nitrogens with zero attached hydrogens (tertiary/aromatic N) is 1. The Kier molecular flexibility index (Phi) is 7.53. The van der Waals surface area contributed by atoms with Crippen molar-refractivity contribution in [1.82, 2.24) is 0 Å². The molecule has 0 aliphatic carbocycles. The summed E-state index contributed by atoms with van der Waals surface area (Å²) in [5, 5.41) is 0. The van der Waals surface area contributed by atoms with Crippen molar-refractivity contribution in [3.63, 3.8) is 0 Å². The molecule has 0 aliphatic rings. The first kappa shape index (κ1) is 17.8. The van der Waals surface area contributed by atoms with Gasteiger partial charge in [-0.25, -0.2) is 8.42 Å². The first-order chi connectivity index (χ1) is 10.0. The molecule has 0 radical (unpaired) electrons. The minimum absolute atomic E-state index is 0.169. The fraction of sp³-hybridized carbons (Fsp3) is 0.600. The van der Waals surface area contributed by atoms with E-state index in [4.69, 9.17) is 10.5 Å². The fourth-order valence-corrected chi connectivity index (χ4v) is 3.45. The van der Waals surface area contributed by atoms with Crippen molar-refractivity contribution in [3.8, 4) is 5.75 Å². The quantitative estimate of drug-likeness (QED) is 0.711. The van der Waals surface area contributed by atoms with Gasteiger partial charge in [-0.3, -0.25) is 0 Å². The van der Waals surface area contributed by atoms with Crippen LogP contribution >= 0.6 is 0 Å². The lowest BCUT2D eigenvalue weighted by atomic mass is 10.2. The summed E-state index contributed by atoms with van der Waals surface area (Å²) in [7, 11) is -1.36. The van der Waals surface area contributed by atoms with E-state index in [9.17, 15) is 8.42 Å². The SMILES string of the molecule is CCCS(=O)(=O)CCN(CCCN)c1cccc(OC)c1. The average Bonchev–Trinajstić information content (AvgIpc) is 2.47. The molecule has 0 heterocycles. The predicted molar refractivity (Wildman–Crippen MR) is 87.8 cm³/mol. The smallest absolute Gasteiger partial charge is 0.152 e. The van der Waals surface area contributed by atoms with E-state index in [1.165, 1.54) is 0 Å². The third-order valence-electron chi connectivity index (χ3n) is 3.24. The van der Waals surface area contributed by atoms with Crippen molar-refractivity contribution in [2.24, 2.45) is 5.73 Å². The molecular weight excluding hydrogens is 288 g/mol. The summed E-state index contributed by atoms with van der Waals surface area (Å²) >= 11 is 0. The molecule has 0 saturated carbocycles. The van der Waals surface area contributed by atoms with E-state index >= 15 is 0 Å². The largest absolute Gasteiger partial charge is 0.497 e. The number of sulfone groups is 1. The van der Waals surface area contributed by atoms with E-state index in [2.05, 4.69) is 4.90 Å². The van der Waals surface area contributed by atoms with E-state index in [1.807, 2.05) is 31.2 Å². The topological polar surface area (TPSA) is 72.6 Å². The second-order valence-electron chi connectivity index (χ2n) is 4.98. The lowest BCUT2D eigenvalue weighted by Crippen LogP contribution is -2.32. The van der Waals surface area contributed by atoms with Crippen LogP contribution in [0.1, 0.15) is 19.8 Å². The van der Waals surface area contributed by atoms with Crippen LogP contribution in [-0.2, 0) is 9.84 Å². The number of rotatable bonds is 10. The van der Waals surface area contributed by atoms with Gasteiger partial charge >= 0.3 is 0 Å². The van der Waals surface area contributed by atoms with E-state index in [0.717, 1.165) is 24.4 Å². The maximum Gasteiger partial charge on any atom is 0.152 e. The van der Waals surface area contributed by atoms with Gasteiger partial charge < -0.3 is 15.4 Å². The van der Waals surface area contributed by atoms with Gasteiger partial charge in [-0.2, -0.15) is 0 Å². The molecule has 5 nitrogen and oxygen atoms in total. The molecule has 1 aromatic carbocycles. The normalized spacial score (nSPS) is 11.4. The van der Waals surface area contributed by atoms with Gasteiger partial charge in [0, 0.05) is 30.6 Å². The zero-order valence-electron chi connectivity index (χ0n) is 12.9. The van der Waals surface area contributed by atoms with Gasteiger partial charge in [0.2, 0.25) is 0 Å². The lowest BCUT2D eigenvalue weighted by molar-refractivity contribution is 0.415. The Morgan fingerprint density at radius 2 is 2.00 bits per heavy atom. The molecule has 0 bridgehead atoms. The van der Waals surface area contributed by atoms with Crippen molar-refractivity contribution >= 4 is 15.5 Å². The fourth-order valence-electron chi connectivity index (χ4n) is 2.12. The van der Waals surface area contributed by atoms with Crippen molar-refractivity contribution in [2.45, 2.75) is 19.8 Å². The minimum atomic E-state index is -2.98. The third kappa shape index (κ3) is 6.35. The summed E-state index contributed by atoms with van der Waals surface area (Å²) in [5.41, 5.74) is 6.54. The van der Waals surface area contributed by atoms with E-state index in [-0.39, 0.29) is 11.5 Å². The maximum absolute atomic E-state index is 11.9. The van der Waals surface area contributed by atoms with Crippen molar-refractivity contribution in [2.75, 3.05) is 43.1 Å². The number of hydrogen-bond donors (Lipinski definition) is 1. The van der Waals surface area contributed by atoms with E-state index in [0.29, 0.717) is 19.5 Å². The number of hydrogen-bond acceptors (Lipinski definition) is 5. The Bertz CT molecular complexity index is 517. The van der Waals surface area contributed by atoms with Crippen molar-refractivity contribution in [1.29, 1.82) is 0 Å². The molecule has 0 atom stereocenters. The molecule has 1 aromatic rings. The Balaban J connectivity index is 2.79. The van der Waals surface area contributed by atoms with Crippen LogP contribution in [0, 0.1) is 0 Å². The van der Waals surface area contributed by atoms with E-state index in [1.54, 1.807) is 7.11 Å². The Morgan fingerprint density at radius 1 is 1.24 bits per heavy atom. The highest BCUT2D eigenvalue weighted by Gasteiger charge is 2.14. The predicted octanol–water partition coefficient (Wildman–Crippen LogP) is 1.68. The Labute approximate surface area is 128 Å². The monoisotopic (exact) mass is 314 g/mol. The molecule has 0 amide bonds. The molecule has 0 saturated heterocycles. The molecule has 0 unspecified atom stereocenters. The number of benzene rings is 1. The molecular formula is C15H26N2O3S. The molecule has 0 spiro atoms. The summed E-state index contributed by atoms with van der Waals surface area (Å²) in [6.45, 7) is 3.69. The molecule has 2 N–H and O–H groups in total. The molecule has 120 valence electrons. The zero-order valence-corrected chi connectivity index (χ0v) is 13.7. The van der Waals surface area contributed by atoms with Crippen LogP contribution in [0.2, 0.25) is 0 Å². The zero-order chi connectivity index (χ0) is 15.7. The third-order valence-corrected chi connectivity index (χ3v) is 5.07. The first-order valence-corrected chi connectivity index (χ1v) is 9.14. The highest BCUT2D eigenvalue weighted by atomic mass is 32.2. The van der Waals surface area contributed by atoms with Gasteiger partial charge in [0.1, 0.15) is 5.75 Å². The minimum Gasteiger partial charge on any atom is -0.497 e. The molecule has 0 aromatic heterocycles. The summed E-state index contributed by atoms with van der Waals surface area (Å²) in [5.74, 6) is 1.18. The van der Waals surface area contributed by atoms with Gasteiger partial charge in [-0.1, -0.05) is 13.0 Å². The van der Waals surface area contributed by atoms with Crippen LogP contribution in [0.5, 0.6) is 5.75 Å². The summed E-state index contributed by atoms with van der Waals surface area (Å²) in [6, 6.07) is 7.66. The lowest BCUT2D eigenvalue weighted by Gasteiger charge is -2.25. The molecule has 0 aliphatic heterocycles. The highest BCUT2D eigenvalue weighted by molar-refractivity contribution is 7.91. The first-order valence-electron chi connectivity index (χ1n) is 7.32.